The lowest BCUT2D eigenvalue weighted by atomic mass is 9.91. The van der Waals surface area contributed by atoms with E-state index in [1.807, 2.05) is 11.8 Å². The van der Waals surface area contributed by atoms with Gasteiger partial charge in [0.05, 0.1) is 12.5 Å². The van der Waals surface area contributed by atoms with Crippen molar-refractivity contribution in [2.45, 2.75) is 44.7 Å². The molecule has 0 aromatic rings. The Morgan fingerprint density at radius 3 is 2.40 bits per heavy atom. The number of nitrogens with zero attached hydrogens (tertiary/aromatic N) is 2. The van der Waals surface area contributed by atoms with Gasteiger partial charge in [0.25, 0.3) is 0 Å². The van der Waals surface area contributed by atoms with Crippen LogP contribution in [-0.2, 0) is 9.59 Å². The van der Waals surface area contributed by atoms with Crippen molar-refractivity contribution >= 4 is 11.9 Å². The number of carbonyl (C=O) groups is 2. The largest absolute Gasteiger partial charge is 0.481 e. The second-order valence-corrected chi connectivity index (χ2v) is 6.11. The number of aliphatic carboxylic acids is 1. The molecule has 0 aromatic heterocycles. The molecule has 20 heavy (non-hydrogen) atoms. The molecule has 1 amide bonds. The Kier molecular flexibility index (Phi) is 4.99. The van der Waals surface area contributed by atoms with Gasteiger partial charge >= 0.3 is 5.97 Å². The number of hydrogen-bond acceptors (Lipinski definition) is 4. The summed E-state index contributed by atoms with van der Waals surface area (Å²) in [6, 6.07) is 0.288. The molecule has 0 aromatic carbocycles. The summed E-state index contributed by atoms with van der Waals surface area (Å²) >= 11 is 0. The van der Waals surface area contributed by atoms with Crippen molar-refractivity contribution < 1.29 is 14.7 Å². The first kappa shape index (κ1) is 15.3. The lowest BCUT2D eigenvalue weighted by molar-refractivity contribution is -0.147. The summed E-state index contributed by atoms with van der Waals surface area (Å²) in [7, 11) is 0. The van der Waals surface area contributed by atoms with Gasteiger partial charge in [-0.1, -0.05) is 0 Å². The van der Waals surface area contributed by atoms with Crippen molar-refractivity contribution in [1.82, 2.24) is 9.80 Å². The molecule has 0 radical (unpaired) electrons. The average molecular weight is 283 g/mol. The molecule has 2 unspecified atom stereocenters. The number of nitrogens with two attached hydrogens (primary N) is 1. The topological polar surface area (TPSA) is 86.9 Å². The van der Waals surface area contributed by atoms with Crippen LogP contribution in [0.15, 0.2) is 0 Å². The lowest BCUT2D eigenvalue weighted by Gasteiger charge is -2.38. The van der Waals surface area contributed by atoms with Gasteiger partial charge < -0.3 is 15.7 Å². The monoisotopic (exact) mass is 283 g/mol. The third-order valence-corrected chi connectivity index (χ3v) is 4.54. The summed E-state index contributed by atoms with van der Waals surface area (Å²) in [5.41, 5.74) is 5.86. The van der Waals surface area contributed by atoms with Gasteiger partial charge in [0.15, 0.2) is 0 Å². The summed E-state index contributed by atoms with van der Waals surface area (Å²) in [6.07, 6.45) is 3.02. The van der Waals surface area contributed by atoms with E-state index in [1.165, 1.54) is 0 Å². The third-order valence-electron chi connectivity index (χ3n) is 4.54. The number of carbonyl (C=O) groups excluding carboxylic acids is 1. The Labute approximate surface area is 119 Å². The van der Waals surface area contributed by atoms with Crippen molar-refractivity contribution in [3.8, 4) is 0 Å². The second-order valence-electron chi connectivity index (χ2n) is 6.11. The molecule has 2 heterocycles. The summed E-state index contributed by atoms with van der Waals surface area (Å²) < 4.78 is 0. The highest BCUT2D eigenvalue weighted by molar-refractivity contribution is 5.79. The van der Waals surface area contributed by atoms with E-state index < -0.39 is 5.97 Å². The first-order chi connectivity index (χ1) is 9.47. The van der Waals surface area contributed by atoms with Crippen LogP contribution >= 0.6 is 0 Å². The van der Waals surface area contributed by atoms with E-state index >= 15 is 0 Å². The Hall–Kier alpha value is -1.14. The van der Waals surface area contributed by atoms with E-state index in [0.29, 0.717) is 25.9 Å². The summed E-state index contributed by atoms with van der Waals surface area (Å²) in [5.74, 6) is -0.923. The number of carboxylic acids is 1. The van der Waals surface area contributed by atoms with Gasteiger partial charge in [0, 0.05) is 31.7 Å². The van der Waals surface area contributed by atoms with Gasteiger partial charge in [-0.05, 0) is 32.6 Å². The quantitative estimate of drug-likeness (QED) is 0.768. The molecule has 0 bridgehead atoms. The van der Waals surface area contributed by atoms with E-state index in [2.05, 4.69) is 4.90 Å². The standard InChI is InChI=1S/C14H25N3O3/c1-10-8-11(14(19)20)2-7-17(10)13(18)9-16-5-3-12(15)4-6-16/h10-12H,2-9,15H2,1H3,(H,19,20). The van der Waals surface area contributed by atoms with Crippen LogP contribution in [0.5, 0.6) is 0 Å². The van der Waals surface area contributed by atoms with Crippen molar-refractivity contribution in [3.63, 3.8) is 0 Å². The van der Waals surface area contributed by atoms with Crippen molar-refractivity contribution in [3.05, 3.63) is 0 Å². The highest BCUT2D eigenvalue weighted by Gasteiger charge is 2.32. The SMILES string of the molecule is CC1CC(C(=O)O)CCN1C(=O)CN1CCC(N)CC1. The Balaban J connectivity index is 1.82. The molecule has 2 rings (SSSR count). The molecule has 6 nitrogen and oxygen atoms in total. The number of hydrogen-bond donors (Lipinski definition) is 2. The summed E-state index contributed by atoms with van der Waals surface area (Å²) in [5, 5.41) is 9.04. The predicted octanol–water partition coefficient (Wildman–Crippen LogP) is 0.121. The normalized spacial score (nSPS) is 29.4. The minimum atomic E-state index is -0.742. The van der Waals surface area contributed by atoms with E-state index in [9.17, 15) is 9.59 Å². The second kappa shape index (κ2) is 6.54. The van der Waals surface area contributed by atoms with Gasteiger partial charge in [0.2, 0.25) is 5.91 Å². The van der Waals surface area contributed by atoms with Crippen molar-refractivity contribution in [2.24, 2.45) is 11.7 Å². The fraction of sp³-hybridized carbons (Fsp3) is 0.857. The molecule has 6 heteroatoms. The van der Waals surface area contributed by atoms with Crippen LogP contribution in [-0.4, -0.2) is 65.0 Å². The molecule has 3 N–H and O–H groups in total. The summed E-state index contributed by atoms with van der Waals surface area (Å²) in [6.45, 7) is 4.71. The molecular formula is C14H25N3O3. The van der Waals surface area contributed by atoms with Crippen LogP contribution in [0.2, 0.25) is 0 Å². The number of carboxylic acid groups (broad SMARTS) is 1. The molecule has 2 aliphatic heterocycles. The Morgan fingerprint density at radius 1 is 1.20 bits per heavy atom. The molecule has 2 saturated heterocycles. The van der Waals surface area contributed by atoms with Crippen LogP contribution < -0.4 is 5.73 Å². The zero-order valence-corrected chi connectivity index (χ0v) is 12.1. The van der Waals surface area contributed by atoms with Gasteiger partial charge in [-0.3, -0.25) is 14.5 Å². The van der Waals surface area contributed by atoms with Gasteiger partial charge in [-0.25, -0.2) is 0 Å². The molecule has 0 saturated carbocycles. The molecule has 2 atom stereocenters. The zero-order valence-electron chi connectivity index (χ0n) is 12.1. The van der Waals surface area contributed by atoms with E-state index in [0.717, 1.165) is 25.9 Å². The van der Waals surface area contributed by atoms with Crippen LogP contribution in [0, 0.1) is 5.92 Å². The molecule has 0 aliphatic carbocycles. The maximum Gasteiger partial charge on any atom is 0.306 e. The molecule has 2 fully saturated rings. The smallest absolute Gasteiger partial charge is 0.306 e. The Bertz CT molecular complexity index is 367. The maximum atomic E-state index is 12.3. The van der Waals surface area contributed by atoms with Crippen LogP contribution in [0.4, 0.5) is 0 Å². The van der Waals surface area contributed by atoms with E-state index in [1.54, 1.807) is 0 Å². The van der Waals surface area contributed by atoms with Crippen LogP contribution in [0.3, 0.4) is 0 Å². The highest BCUT2D eigenvalue weighted by Crippen LogP contribution is 2.23. The maximum absolute atomic E-state index is 12.3. The van der Waals surface area contributed by atoms with Gasteiger partial charge in [-0.15, -0.1) is 0 Å². The first-order valence-electron chi connectivity index (χ1n) is 7.47. The lowest BCUT2D eigenvalue weighted by Crippen LogP contribution is -2.51. The van der Waals surface area contributed by atoms with Gasteiger partial charge in [0.1, 0.15) is 0 Å². The van der Waals surface area contributed by atoms with Gasteiger partial charge in [-0.2, -0.15) is 0 Å². The third kappa shape index (κ3) is 3.70. The number of rotatable bonds is 3. The minimum Gasteiger partial charge on any atom is -0.481 e. The summed E-state index contributed by atoms with van der Waals surface area (Å²) in [4.78, 5) is 27.3. The number of piperidine rings is 2. The fourth-order valence-electron chi connectivity index (χ4n) is 3.16. The average Bonchev–Trinajstić information content (AvgIpc) is 2.41. The van der Waals surface area contributed by atoms with E-state index in [4.69, 9.17) is 10.8 Å². The minimum absolute atomic E-state index is 0.0180. The van der Waals surface area contributed by atoms with Crippen LogP contribution in [0.1, 0.15) is 32.6 Å². The zero-order chi connectivity index (χ0) is 14.7. The van der Waals surface area contributed by atoms with Crippen molar-refractivity contribution in [1.29, 1.82) is 0 Å². The predicted molar refractivity (Wildman–Crippen MR) is 75.2 cm³/mol. The number of amides is 1. The number of likely N-dealkylation sites (tertiary alicyclic amines) is 2. The molecule has 0 spiro atoms. The van der Waals surface area contributed by atoms with Crippen LogP contribution in [0.25, 0.3) is 0 Å². The molecular weight excluding hydrogens is 258 g/mol. The highest BCUT2D eigenvalue weighted by atomic mass is 16.4. The van der Waals surface area contributed by atoms with E-state index in [-0.39, 0.29) is 23.9 Å². The molecule has 2 aliphatic rings. The molecule has 114 valence electrons. The first-order valence-corrected chi connectivity index (χ1v) is 7.47. The van der Waals surface area contributed by atoms with Crippen molar-refractivity contribution in [2.75, 3.05) is 26.2 Å². The Morgan fingerprint density at radius 2 is 1.85 bits per heavy atom. The fourth-order valence-corrected chi connectivity index (χ4v) is 3.16.